The zero-order valence-corrected chi connectivity index (χ0v) is 17.5. The van der Waals surface area contributed by atoms with Gasteiger partial charge in [-0.3, -0.25) is 4.90 Å². The molecule has 0 saturated heterocycles. The van der Waals surface area contributed by atoms with Gasteiger partial charge in [-0.1, -0.05) is 42.5 Å². The highest BCUT2D eigenvalue weighted by Gasteiger charge is 2.14. The van der Waals surface area contributed by atoms with E-state index in [1.807, 2.05) is 54.6 Å². The van der Waals surface area contributed by atoms with Gasteiger partial charge >= 0.3 is 0 Å². The summed E-state index contributed by atoms with van der Waals surface area (Å²) >= 11 is 0. The largest absolute Gasteiger partial charge is 0.497 e. The molecule has 0 aliphatic rings. The maximum Gasteiger partial charge on any atom is 0.119 e. The van der Waals surface area contributed by atoms with Crippen molar-refractivity contribution in [2.24, 2.45) is 0 Å². The predicted octanol–water partition coefficient (Wildman–Crippen LogP) is 4.15. The zero-order chi connectivity index (χ0) is 21.2. The van der Waals surface area contributed by atoms with Crippen molar-refractivity contribution in [3.63, 3.8) is 0 Å². The molecule has 0 radical (unpaired) electrons. The third-order valence-corrected chi connectivity index (χ3v) is 4.79. The molecule has 3 aromatic carbocycles. The minimum absolute atomic E-state index is 0.222. The molecule has 158 valence electrons. The van der Waals surface area contributed by atoms with Crippen LogP contribution < -0.4 is 14.2 Å². The summed E-state index contributed by atoms with van der Waals surface area (Å²) < 4.78 is 16.2. The molecular weight excluding hydrogens is 378 g/mol. The van der Waals surface area contributed by atoms with Crippen LogP contribution in [0.25, 0.3) is 0 Å². The van der Waals surface area contributed by atoms with E-state index in [2.05, 4.69) is 29.2 Å². The van der Waals surface area contributed by atoms with Gasteiger partial charge in [0.1, 0.15) is 30.0 Å². The van der Waals surface area contributed by atoms with Crippen LogP contribution in [0.2, 0.25) is 0 Å². The molecule has 30 heavy (non-hydrogen) atoms. The fourth-order valence-electron chi connectivity index (χ4n) is 3.23. The minimum atomic E-state index is -0.617. The van der Waals surface area contributed by atoms with Crippen molar-refractivity contribution < 1.29 is 19.3 Å². The first-order chi connectivity index (χ1) is 14.7. The van der Waals surface area contributed by atoms with Crippen LogP contribution in [0.5, 0.6) is 17.2 Å². The molecule has 1 N–H and O–H groups in total. The molecule has 0 aromatic heterocycles. The molecule has 0 saturated carbocycles. The van der Waals surface area contributed by atoms with E-state index < -0.39 is 6.10 Å². The average Bonchev–Trinajstić information content (AvgIpc) is 2.79. The number of nitrogens with zero attached hydrogens (tertiary/aromatic N) is 1. The molecule has 5 heteroatoms. The van der Waals surface area contributed by atoms with Gasteiger partial charge in [-0.15, -0.1) is 0 Å². The number of aliphatic hydroxyl groups excluding tert-OH is 1. The highest BCUT2D eigenvalue weighted by molar-refractivity contribution is 5.31. The minimum Gasteiger partial charge on any atom is -0.497 e. The molecule has 0 aliphatic heterocycles. The maximum atomic E-state index is 10.6. The molecule has 0 fully saturated rings. The number of hydrogen-bond donors (Lipinski definition) is 1. The summed E-state index contributed by atoms with van der Waals surface area (Å²) in [7, 11) is 3.29. The molecule has 5 nitrogen and oxygen atoms in total. The standard InChI is InChI=1S/C25H29NO4/c1-28-23-10-8-21(9-11-23)17-26(16-20-6-4-3-5-7-20)18-22(27)19-30-25-14-12-24(29-2)13-15-25/h3-15,22,27H,16-19H2,1-2H3. The highest BCUT2D eigenvalue weighted by atomic mass is 16.5. The molecule has 3 rings (SSSR count). The number of hydrogen-bond acceptors (Lipinski definition) is 5. The van der Waals surface area contributed by atoms with Crippen LogP contribution in [0.15, 0.2) is 78.9 Å². The quantitative estimate of drug-likeness (QED) is 0.518. The van der Waals surface area contributed by atoms with E-state index in [0.29, 0.717) is 12.3 Å². The van der Waals surface area contributed by atoms with Crippen LogP contribution in [-0.4, -0.2) is 43.5 Å². The van der Waals surface area contributed by atoms with Gasteiger partial charge in [0.15, 0.2) is 0 Å². The van der Waals surface area contributed by atoms with E-state index >= 15 is 0 Å². The summed E-state index contributed by atoms with van der Waals surface area (Å²) in [5, 5.41) is 10.6. The first-order valence-electron chi connectivity index (χ1n) is 10.0. The molecule has 0 amide bonds. The summed E-state index contributed by atoms with van der Waals surface area (Å²) in [6.07, 6.45) is -0.617. The van der Waals surface area contributed by atoms with E-state index in [-0.39, 0.29) is 6.61 Å². The third-order valence-electron chi connectivity index (χ3n) is 4.79. The van der Waals surface area contributed by atoms with Crippen LogP contribution in [0.4, 0.5) is 0 Å². The van der Waals surface area contributed by atoms with Crippen molar-refractivity contribution in [2.75, 3.05) is 27.4 Å². The fourth-order valence-corrected chi connectivity index (χ4v) is 3.23. The van der Waals surface area contributed by atoms with Gasteiger partial charge in [-0.25, -0.2) is 0 Å². The SMILES string of the molecule is COc1ccc(CN(Cc2ccccc2)CC(O)COc2ccc(OC)cc2)cc1. The van der Waals surface area contributed by atoms with Gasteiger partial charge < -0.3 is 19.3 Å². The van der Waals surface area contributed by atoms with Crippen LogP contribution in [0.3, 0.4) is 0 Å². The second kappa shape index (κ2) is 11.2. The average molecular weight is 408 g/mol. The fraction of sp³-hybridized carbons (Fsp3) is 0.280. The topological polar surface area (TPSA) is 51.2 Å². The predicted molar refractivity (Wildman–Crippen MR) is 118 cm³/mol. The van der Waals surface area contributed by atoms with Gasteiger partial charge in [0.2, 0.25) is 0 Å². The Kier molecular flexibility index (Phi) is 8.12. The van der Waals surface area contributed by atoms with E-state index in [1.54, 1.807) is 14.2 Å². The normalized spacial score (nSPS) is 11.9. The monoisotopic (exact) mass is 407 g/mol. The van der Waals surface area contributed by atoms with Gasteiger partial charge in [-0.2, -0.15) is 0 Å². The molecule has 3 aromatic rings. The lowest BCUT2D eigenvalue weighted by Crippen LogP contribution is -2.35. The number of methoxy groups -OCH3 is 2. The summed E-state index contributed by atoms with van der Waals surface area (Å²) in [4.78, 5) is 2.22. The Morgan fingerprint density at radius 2 is 1.20 bits per heavy atom. The van der Waals surface area contributed by atoms with Crippen molar-refractivity contribution in [1.29, 1.82) is 0 Å². The first-order valence-corrected chi connectivity index (χ1v) is 10.0. The van der Waals surface area contributed by atoms with Gasteiger partial charge in [0.05, 0.1) is 14.2 Å². The Balaban J connectivity index is 1.60. The van der Waals surface area contributed by atoms with E-state index in [9.17, 15) is 5.11 Å². The molecule has 0 aliphatic carbocycles. The molecular formula is C25H29NO4. The summed E-state index contributed by atoms with van der Waals surface area (Å²) in [6.45, 7) is 2.18. The van der Waals surface area contributed by atoms with E-state index in [1.165, 1.54) is 5.56 Å². The second-order valence-corrected chi connectivity index (χ2v) is 7.14. The highest BCUT2D eigenvalue weighted by Crippen LogP contribution is 2.18. The van der Waals surface area contributed by atoms with Crippen molar-refractivity contribution in [1.82, 2.24) is 4.90 Å². The van der Waals surface area contributed by atoms with Crippen molar-refractivity contribution in [3.05, 3.63) is 90.0 Å². The molecule has 0 heterocycles. The number of rotatable bonds is 11. The Morgan fingerprint density at radius 1 is 0.700 bits per heavy atom. The van der Waals surface area contributed by atoms with Crippen molar-refractivity contribution in [3.8, 4) is 17.2 Å². The van der Waals surface area contributed by atoms with Crippen LogP contribution in [0, 0.1) is 0 Å². The third kappa shape index (κ3) is 6.79. The van der Waals surface area contributed by atoms with Gasteiger partial charge in [-0.05, 0) is 47.5 Å². The summed E-state index contributed by atoms with van der Waals surface area (Å²) in [6, 6.07) is 25.6. The Labute approximate surface area is 178 Å². The zero-order valence-electron chi connectivity index (χ0n) is 17.5. The number of aliphatic hydroxyl groups is 1. The van der Waals surface area contributed by atoms with Crippen molar-refractivity contribution in [2.45, 2.75) is 19.2 Å². The van der Waals surface area contributed by atoms with Crippen LogP contribution >= 0.6 is 0 Å². The lowest BCUT2D eigenvalue weighted by Gasteiger charge is -2.25. The van der Waals surface area contributed by atoms with Gasteiger partial charge in [0.25, 0.3) is 0 Å². The Bertz CT molecular complexity index is 866. The summed E-state index contributed by atoms with van der Waals surface area (Å²) in [5.41, 5.74) is 2.37. The van der Waals surface area contributed by atoms with E-state index in [4.69, 9.17) is 14.2 Å². The van der Waals surface area contributed by atoms with Crippen molar-refractivity contribution >= 4 is 0 Å². The maximum absolute atomic E-state index is 10.6. The van der Waals surface area contributed by atoms with Crippen LogP contribution in [0.1, 0.15) is 11.1 Å². The lowest BCUT2D eigenvalue weighted by atomic mass is 10.1. The lowest BCUT2D eigenvalue weighted by molar-refractivity contribution is 0.0628. The van der Waals surface area contributed by atoms with E-state index in [0.717, 1.165) is 30.2 Å². The Morgan fingerprint density at radius 3 is 1.77 bits per heavy atom. The van der Waals surface area contributed by atoms with Crippen LogP contribution in [-0.2, 0) is 13.1 Å². The molecule has 1 unspecified atom stereocenters. The van der Waals surface area contributed by atoms with Gasteiger partial charge in [0, 0.05) is 19.6 Å². The first kappa shape index (κ1) is 21.7. The molecule has 1 atom stereocenters. The smallest absolute Gasteiger partial charge is 0.119 e. The summed E-state index contributed by atoms with van der Waals surface area (Å²) in [5.74, 6) is 2.32. The second-order valence-electron chi connectivity index (χ2n) is 7.14. The molecule has 0 bridgehead atoms. The molecule has 0 spiro atoms. The Hall–Kier alpha value is -3.02. The number of benzene rings is 3. The number of ether oxygens (including phenoxy) is 3.